The van der Waals surface area contributed by atoms with E-state index in [9.17, 15) is 4.79 Å². The van der Waals surface area contributed by atoms with Crippen molar-refractivity contribution in [2.75, 3.05) is 21.3 Å². The number of esters is 1. The molecular weight excluding hydrogens is 348 g/mol. The Kier molecular flexibility index (Phi) is 5.71. The van der Waals surface area contributed by atoms with Gasteiger partial charge in [0.2, 0.25) is 0 Å². The summed E-state index contributed by atoms with van der Waals surface area (Å²) in [6.45, 7) is 0.377. The lowest BCUT2D eigenvalue weighted by Gasteiger charge is -2.09. The van der Waals surface area contributed by atoms with Crippen LogP contribution in [0.2, 0.25) is 0 Å². The molecule has 7 nitrogen and oxygen atoms in total. The molecule has 0 aliphatic carbocycles. The van der Waals surface area contributed by atoms with Crippen molar-refractivity contribution in [3.05, 3.63) is 53.6 Å². The van der Waals surface area contributed by atoms with Crippen molar-refractivity contribution < 1.29 is 23.7 Å². The second kappa shape index (κ2) is 8.35. The van der Waals surface area contributed by atoms with Crippen LogP contribution in [-0.2, 0) is 22.6 Å². The average molecular weight is 368 g/mol. The van der Waals surface area contributed by atoms with Gasteiger partial charge in [-0.1, -0.05) is 18.2 Å². The van der Waals surface area contributed by atoms with Crippen molar-refractivity contribution in [1.82, 2.24) is 9.97 Å². The van der Waals surface area contributed by atoms with Crippen LogP contribution in [0.4, 0.5) is 0 Å². The van der Waals surface area contributed by atoms with Gasteiger partial charge in [0.25, 0.3) is 11.8 Å². The third-order valence-electron chi connectivity index (χ3n) is 3.96. The number of fused-ring (bicyclic) bond motifs is 1. The molecule has 7 heteroatoms. The maximum atomic E-state index is 11.3. The van der Waals surface area contributed by atoms with Crippen LogP contribution in [0.1, 0.15) is 11.1 Å². The predicted molar refractivity (Wildman–Crippen MR) is 99.1 cm³/mol. The van der Waals surface area contributed by atoms with Crippen LogP contribution in [0.5, 0.6) is 17.5 Å². The smallest absolute Gasteiger partial charge is 0.309 e. The second-order valence-electron chi connectivity index (χ2n) is 5.75. The molecule has 27 heavy (non-hydrogen) atoms. The Morgan fingerprint density at radius 2 is 1.48 bits per heavy atom. The Hall–Kier alpha value is -3.35. The number of hydrogen-bond acceptors (Lipinski definition) is 7. The van der Waals surface area contributed by atoms with Gasteiger partial charge in [0.1, 0.15) is 12.4 Å². The van der Waals surface area contributed by atoms with Crippen molar-refractivity contribution in [2.45, 2.75) is 13.0 Å². The Labute approximate surface area is 156 Å². The number of ether oxygens (including phenoxy) is 4. The van der Waals surface area contributed by atoms with Gasteiger partial charge >= 0.3 is 5.97 Å². The Bertz CT molecular complexity index is 941. The zero-order chi connectivity index (χ0) is 19.2. The highest BCUT2D eigenvalue weighted by atomic mass is 16.5. The van der Waals surface area contributed by atoms with Gasteiger partial charge in [-0.3, -0.25) is 4.79 Å². The minimum atomic E-state index is -0.270. The van der Waals surface area contributed by atoms with Gasteiger partial charge in [-0.15, -0.1) is 0 Å². The number of hydrogen-bond donors (Lipinski definition) is 0. The fourth-order valence-corrected chi connectivity index (χ4v) is 2.53. The Morgan fingerprint density at radius 3 is 2.11 bits per heavy atom. The maximum Gasteiger partial charge on any atom is 0.309 e. The molecule has 140 valence electrons. The molecule has 2 aromatic carbocycles. The van der Waals surface area contributed by atoms with E-state index in [1.54, 1.807) is 0 Å². The molecule has 1 aromatic heterocycles. The highest BCUT2D eigenvalue weighted by Gasteiger charge is 2.10. The van der Waals surface area contributed by atoms with Crippen LogP contribution in [0.25, 0.3) is 11.0 Å². The zero-order valence-corrected chi connectivity index (χ0v) is 15.4. The van der Waals surface area contributed by atoms with Crippen LogP contribution in [-0.4, -0.2) is 37.3 Å². The van der Waals surface area contributed by atoms with Crippen LogP contribution in [0.3, 0.4) is 0 Å². The SMILES string of the molecule is COC(=O)Cc1ccc(OCc2ccc3nc(OC)c(OC)nc3c2)cc1. The molecule has 3 aromatic rings. The number of carbonyl (C=O) groups is 1. The van der Waals surface area contributed by atoms with E-state index in [4.69, 9.17) is 14.2 Å². The standard InChI is InChI=1S/C20H20N2O5/c1-24-18(23)11-13-4-7-15(8-5-13)27-12-14-6-9-16-17(10-14)22-20(26-3)19(21-16)25-2/h4-10H,11-12H2,1-3H3. The fraction of sp³-hybridized carbons (Fsp3) is 0.250. The molecule has 0 unspecified atom stereocenters. The summed E-state index contributed by atoms with van der Waals surface area (Å²) in [5.74, 6) is 1.13. The lowest BCUT2D eigenvalue weighted by Crippen LogP contribution is -2.04. The maximum absolute atomic E-state index is 11.3. The van der Waals surface area contributed by atoms with Crippen LogP contribution in [0, 0.1) is 0 Å². The molecule has 0 aliphatic rings. The van der Waals surface area contributed by atoms with Gasteiger partial charge in [0, 0.05) is 0 Å². The number of nitrogens with zero attached hydrogens (tertiary/aromatic N) is 2. The number of rotatable bonds is 7. The Morgan fingerprint density at radius 1 is 0.852 bits per heavy atom. The van der Waals surface area contributed by atoms with Gasteiger partial charge in [0.05, 0.1) is 38.8 Å². The van der Waals surface area contributed by atoms with Gasteiger partial charge in [-0.05, 0) is 35.4 Å². The average Bonchev–Trinajstić information content (AvgIpc) is 2.71. The highest BCUT2D eigenvalue weighted by molar-refractivity contribution is 5.76. The first kappa shape index (κ1) is 18.4. The molecular formula is C20H20N2O5. The first-order valence-electron chi connectivity index (χ1n) is 8.30. The molecule has 1 heterocycles. The number of carbonyl (C=O) groups excluding carboxylic acids is 1. The molecule has 0 N–H and O–H groups in total. The predicted octanol–water partition coefficient (Wildman–Crippen LogP) is 2.94. The van der Waals surface area contributed by atoms with Gasteiger partial charge in [-0.2, -0.15) is 0 Å². The second-order valence-corrected chi connectivity index (χ2v) is 5.75. The first-order chi connectivity index (χ1) is 13.1. The van der Waals surface area contributed by atoms with Crippen LogP contribution < -0.4 is 14.2 Å². The van der Waals surface area contributed by atoms with Crippen LogP contribution in [0.15, 0.2) is 42.5 Å². The van der Waals surface area contributed by atoms with Crippen molar-refractivity contribution in [2.24, 2.45) is 0 Å². The third kappa shape index (κ3) is 4.44. The molecule has 0 spiro atoms. The van der Waals surface area contributed by atoms with Crippen LogP contribution >= 0.6 is 0 Å². The van der Waals surface area contributed by atoms with Crippen molar-refractivity contribution in [1.29, 1.82) is 0 Å². The topological polar surface area (TPSA) is 79.8 Å². The summed E-state index contributed by atoms with van der Waals surface area (Å²) in [5.41, 5.74) is 3.23. The molecule has 0 bridgehead atoms. The number of benzene rings is 2. The van der Waals surface area contributed by atoms with Gasteiger partial charge in [0.15, 0.2) is 0 Å². The summed E-state index contributed by atoms with van der Waals surface area (Å²) in [6.07, 6.45) is 0.241. The molecule has 0 aliphatic heterocycles. The summed E-state index contributed by atoms with van der Waals surface area (Å²) in [4.78, 5) is 20.1. The Balaban J connectivity index is 1.70. The summed E-state index contributed by atoms with van der Waals surface area (Å²) in [7, 11) is 4.42. The summed E-state index contributed by atoms with van der Waals surface area (Å²) in [6, 6.07) is 13.0. The van der Waals surface area contributed by atoms with E-state index in [2.05, 4.69) is 14.7 Å². The quantitative estimate of drug-likeness (QED) is 0.593. The van der Waals surface area contributed by atoms with Gasteiger partial charge < -0.3 is 18.9 Å². The summed E-state index contributed by atoms with van der Waals surface area (Å²) < 4.78 is 20.8. The molecule has 0 amide bonds. The fourth-order valence-electron chi connectivity index (χ4n) is 2.53. The monoisotopic (exact) mass is 368 g/mol. The van der Waals surface area contributed by atoms with E-state index in [0.717, 1.165) is 11.1 Å². The van der Waals surface area contributed by atoms with E-state index >= 15 is 0 Å². The van der Waals surface area contributed by atoms with E-state index < -0.39 is 0 Å². The molecule has 3 rings (SSSR count). The van der Waals surface area contributed by atoms with Crippen molar-refractivity contribution in [3.8, 4) is 17.5 Å². The zero-order valence-electron chi connectivity index (χ0n) is 15.4. The minimum Gasteiger partial charge on any atom is -0.489 e. The van der Waals surface area contributed by atoms with E-state index in [0.29, 0.717) is 35.1 Å². The van der Waals surface area contributed by atoms with E-state index in [-0.39, 0.29) is 12.4 Å². The normalized spacial score (nSPS) is 10.5. The summed E-state index contributed by atoms with van der Waals surface area (Å²) >= 11 is 0. The molecule has 0 saturated heterocycles. The first-order valence-corrected chi connectivity index (χ1v) is 8.30. The van der Waals surface area contributed by atoms with E-state index in [1.165, 1.54) is 21.3 Å². The lowest BCUT2D eigenvalue weighted by atomic mass is 10.1. The lowest BCUT2D eigenvalue weighted by molar-refractivity contribution is -0.139. The van der Waals surface area contributed by atoms with E-state index in [1.807, 2.05) is 42.5 Å². The molecule has 0 saturated carbocycles. The van der Waals surface area contributed by atoms with Gasteiger partial charge in [-0.25, -0.2) is 9.97 Å². The largest absolute Gasteiger partial charge is 0.489 e. The van der Waals surface area contributed by atoms with Crippen molar-refractivity contribution in [3.63, 3.8) is 0 Å². The molecule has 0 fully saturated rings. The third-order valence-corrected chi connectivity index (χ3v) is 3.96. The minimum absolute atomic E-state index is 0.241. The number of aromatic nitrogens is 2. The number of methoxy groups -OCH3 is 3. The summed E-state index contributed by atoms with van der Waals surface area (Å²) in [5, 5.41) is 0. The molecule has 0 radical (unpaired) electrons. The van der Waals surface area contributed by atoms with Crippen molar-refractivity contribution >= 4 is 17.0 Å². The molecule has 0 atom stereocenters. The highest BCUT2D eigenvalue weighted by Crippen LogP contribution is 2.25.